The number of thiophene rings is 2. The van der Waals surface area contributed by atoms with Gasteiger partial charge in [-0.2, -0.15) is 5.10 Å². The van der Waals surface area contributed by atoms with Gasteiger partial charge in [-0.25, -0.2) is 0 Å². The molecule has 0 saturated carbocycles. The van der Waals surface area contributed by atoms with E-state index in [-0.39, 0.29) is 6.04 Å². The van der Waals surface area contributed by atoms with Gasteiger partial charge in [0.15, 0.2) is 0 Å². The van der Waals surface area contributed by atoms with Gasteiger partial charge in [0.2, 0.25) is 0 Å². The minimum absolute atomic E-state index is 0.270. The highest BCUT2D eigenvalue weighted by atomic mass is 35.5. The van der Waals surface area contributed by atoms with Crippen molar-refractivity contribution in [1.29, 1.82) is 0 Å². The maximum atomic E-state index is 6.35. The Morgan fingerprint density at radius 2 is 2.25 bits per heavy atom. The van der Waals surface area contributed by atoms with Crippen LogP contribution < -0.4 is 5.32 Å². The molecule has 0 aliphatic rings. The Balaban J connectivity index is 1.92. The van der Waals surface area contributed by atoms with Crippen LogP contribution in [0, 0.1) is 6.92 Å². The first-order valence-electron chi connectivity index (χ1n) is 6.42. The molecule has 1 atom stereocenters. The van der Waals surface area contributed by atoms with Gasteiger partial charge >= 0.3 is 0 Å². The lowest BCUT2D eigenvalue weighted by atomic mass is 10.1. The van der Waals surface area contributed by atoms with Crippen LogP contribution in [0.2, 0.25) is 5.02 Å². The van der Waals surface area contributed by atoms with E-state index in [4.69, 9.17) is 11.6 Å². The Bertz CT molecular complexity index is 712. The maximum Gasteiger partial charge on any atom is 0.0847 e. The third-order valence-corrected chi connectivity index (χ3v) is 6.21. The first-order valence-corrected chi connectivity index (χ1v) is 8.49. The molecule has 0 amide bonds. The van der Waals surface area contributed by atoms with Crippen LogP contribution in [-0.4, -0.2) is 16.8 Å². The van der Waals surface area contributed by atoms with Gasteiger partial charge in [-0.15, -0.1) is 22.7 Å². The number of rotatable bonds is 4. The lowest BCUT2D eigenvalue weighted by Gasteiger charge is -2.14. The second kappa shape index (κ2) is 5.48. The largest absolute Gasteiger partial charge is 0.312 e. The second-order valence-electron chi connectivity index (χ2n) is 4.81. The molecule has 0 aliphatic heterocycles. The van der Waals surface area contributed by atoms with Crippen molar-refractivity contribution < 1.29 is 0 Å². The van der Waals surface area contributed by atoms with Crippen LogP contribution in [0.4, 0.5) is 0 Å². The molecule has 0 aromatic carbocycles. The Morgan fingerprint density at radius 1 is 1.45 bits per heavy atom. The molecule has 106 valence electrons. The number of nitrogens with zero attached hydrogens (tertiary/aromatic N) is 2. The number of aromatic nitrogens is 2. The van der Waals surface area contributed by atoms with Crippen LogP contribution in [0.1, 0.15) is 22.3 Å². The van der Waals surface area contributed by atoms with E-state index in [0.29, 0.717) is 0 Å². The highest BCUT2D eigenvalue weighted by molar-refractivity contribution is 7.26. The summed E-state index contributed by atoms with van der Waals surface area (Å²) in [5.74, 6) is 0. The number of aryl methyl sites for hydroxylation is 2. The second-order valence-corrected chi connectivity index (χ2v) is 7.25. The summed E-state index contributed by atoms with van der Waals surface area (Å²) in [5, 5.41) is 10.7. The molecule has 0 radical (unpaired) electrons. The molecule has 0 fully saturated rings. The topological polar surface area (TPSA) is 29.9 Å². The number of fused-ring (bicyclic) bond motifs is 1. The summed E-state index contributed by atoms with van der Waals surface area (Å²) in [5.41, 5.74) is 1.98. The summed E-state index contributed by atoms with van der Waals surface area (Å²) in [6.45, 7) is 1.95. The van der Waals surface area contributed by atoms with E-state index in [1.54, 1.807) is 11.3 Å². The van der Waals surface area contributed by atoms with E-state index in [0.717, 1.165) is 22.8 Å². The zero-order valence-electron chi connectivity index (χ0n) is 11.6. The Kier molecular flexibility index (Phi) is 3.86. The molecule has 0 spiro atoms. The average molecular weight is 326 g/mol. The van der Waals surface area contributed by atoms with Gasteiger partial charge in [-0.1, -0.05) is 11.6 Å². The minimum atomic E-state index is 0.270. The Morgan fingerprint density at radius 3 is 2.85 bits per heavy atom. The Labute approximate surface area is 131 Å². The fraction of sp³-hybridized carbons (Fsp3) is 0.357. The number of likely N-dealkylation sites (N-methyl/N-ethyl adjacent to an activating group) is 1. The fourth-order valence-corrected chi connectivity index (χ4v) is 4.86. The van der Waals surface area contributed by atoms with E-state index in [9.17, 15) is 0 Å². The lowest BCUT2D eigenvalue weighted by Crippen LogP contribution is -2.19. The zero-order chi connectivity index (χ0) is 14.3. The standard InChI is InChI=1S/C14H16ClN3S2/c1-8-14(15)10(18(3)17-8)6-9(16-2)12-7-13-11(20-12)4-5-19-13/h4-5,7,9,16H,6H2,1-3H3. The van der Waals surface area contributed by atoms with Crippen LogP contribution in [-0.2, 0) is 13.5 Å². The summed E-state index contributed by atoms with van der Waals surface area (Å²) in [7, 11) is 3.95. The van der Waals surface area contributed by atoms with Gasteiger partial charge in [0.1, 0.15) is 0 Å². The van der Waals surface area contributed by atoms with E-state index in [1.807, 2.05) is 37.0 Å². The van der Waals surface area contributed by atoms with Crippen LogP contribution in [0.3, 0.4) is 0 Å². The Hall–Kier alpha value is -0.880. The molecule has 3 aromatic heterocycles. The molecule has 3 rings (SSSR count). The van der Waals surface area contributed by atoms with Gasteiger partial charge in [-0.3, -0.25) is 4.68 Å². The number of hydrogen-bond acceptors (Lipinski definition) is 4. The molecular weight excluding hydrogens is 310 g/mol. The molecule has 0 saturated heterocycles. The summed E-state index contributed by atoms with van der Waals surface area (Å²) in [6.07, 6.45) is 0.848. The third-order valence-electron chi connectivity index (χ3n) is 3.51. The first kappa shape index (κ1) is 14.1. The monoisotopic (exact) mass is 325 g/mol. The summed E-state index contributed by atoms with van der Waals surface area (Å²) in [6, 6.07) is 4.73. The van der Waals surface area contributed by atoms with E-state index < -0.39 is 0 Å². The predicted octanol–water partition coefficient (Wildman–Crippen LogP) is 4.16. The van der Waals surface area contributed by atoms with Crippen molar-refractivity contribution in [3.05, 3.63) is 38.8 Å². The number of halogens is 1. The molecule has 1 unspecified atom stereocenters. The maximum absolute atomic E-state index is 6.35. The van der Waals surface area contributed by atoms with Crippen LogP contribution in [0.15, 0.2) is 17.5 Å². The van der Waals surface area contributed by atoms with Crippen LogP contribution in [0.25, 0.3) is 9.40 Å². The van der Waals surface area contributed by atoms with Crippen molar-refractivity contribution in [2.75, 3.05) is 7.05 Å². The molecule has 6 heteroatoms. The van der Waals surface area contributed by atoms with E-state index >= 15 is 0 Å². The van der Waals surface area contributed by atoms with E-state index in [1.165, 1.54) is 14.3 Å². The van der Waals surface area contributed by atoms with Gasteiger partial charge in [0.25, 0.3) is 0 Å². The zero-order valence-corrected chi connectivity index (χ0v) is 14.0. The fourth-order valence-electron chi connectivity index (χ4n) is 2.40. The van der Waals surface area contributed by atoms with Crippen molar-refractivity contribution in [2.45, 2.75) is 19.4 Å². The van der Waals surface area contributed by atoms with E-state index in [2.05, 4.69) is 27.9 Å². The number of hydrogen-bond donors (Lipinski definition) is 1. The predicted molar refractivity (Wildman–Crippen MR) is 88.2 cm³/mol. The van der Waals surface area contributed by atoms with Gasteiger partial charge in [0.05, 0.1) is 16.4 Å². The van der Waals surface area contributed by atoms with Crippen molar-refractivity contribution in [1.82, 2.24) is 15.1 Å². The molecule has 1 N–H and O–H groups in total. The quantitative estimate of drug-likeness (QED) is 0.780. The smallest absolute Gasteiger partial charge is 0.0847 e. The molecule has 20 heavy (non-hydrogen) atoms. The van der Waals surface area contributed by atoms with Crippen molar-refractivity contribution in [2.24, 2.45) is 7.05 Å². The summed E-state index contributed by atoms with van der Waals surface area (Å²) >= 11 is 10.00. The average Bonchev–Trinajstić information content (AvgIpc) is 3.04. The van der Waals surface area contributed by atoms with Gasteiger partial charge in [-0.05, 0) is 31.5 Å². The summed E-state index contributed by atoms with van der Waals surface area (Å²) < 4.78 is 4.60. The normalized spacial score (nSPS) is 13.2. The molecular formula is C14H16ClN3S2. The van der Waals surface area contributed by atoms with Gasteiger partial charge < -0.3 is 5.32 Å². The molecule has 0 bridgehead atoms. The van der Waals surface area contributed by atoms with Crippen LogP contribution >= 0.6 is 34.3 Å². The third kappa shape index (κ3) is 2.39. The van der Waals surface area contributed by atoms with Gasteiger partial charge in [0, 0.05) is 33.8 Å². The molecule has 3 heterocycles. The summed E-state index contributed by atoms with van der Waals surface area (Å²) in [4.78, 5) is 1.35. The highest BCUT2D eigenvalue weighted by Crippen LogP contribution is 2.35. The molecule has 0 aliphatic carbocycles. The van der Waals surface area contributed by atoms with Crippen molar-refractivity contribution in [3.63, 3.8) is 0 Å². The molecule has 3 aromatic rings. The SMILES string of the molecule is CNC(Cc1c(Cl)c(C)nn1C)c1cc2sccc2s1. The highest BCUT2D eigenvalue weighted by Gasteiger charge is 2.19. The van der Waals surface area contributed by atoms with Crippen molar-refractivity contribution in [3.8, 4) is 0 Å². The minimum Gasteiger partial charge on any atom is -0.312 e. The lowest BCUT2D eigenvalue weighted by molar-refractivity contribution is 0.569. The van der Waals surface area contributed by atoms with Crippen molar-refractivity contribution >= 4 is 43.7 Å². The van der Waals surface area contributed by atoms with Crippen LogP contribution in [0.5, 0.6) is 0 Å². The number of nitrogens with one attached hydrogen (secondary N) is 1. The molecule has 3 nitrogen and oxygen atoms in total. The first-order chi connectivity index (χ1) is 9.60.